The Morgan fingerprint density at radius 3 is 2.55 bits per heavy atom. The van der Waals surface area contributed by atoms with Crippen LogP contribution in [0.25, 0.3) is 11.1 Å². The van der Waals surface area contributed by atoms with Gasteiger partial charge in [-0.2, -0.15) is 9.65 Å². The standard InChI is InChI=1S/C15H13F2N3/c1-8(2)13-14(17)10(7-18)5-11(15(13)19)9-3-4-20-12(16)6-9/h3-6,8H,19H2,1-2H3. The summed E-state index contributed by atoms with van der Waals surface area (Å²) in [6.07, 6.45) is 1.30. The van der Waals surface area contributed by atoms with Crippen LogP contribution in [0.2, 0.25) is 0 Å². The molecule has 0 spiro atoms. The lowest BCUT2D eigenvalue weighted by molar-refractivity contribution is 0.584. The van der Waals surface area contributed by atoms with Crippen molar-refractivity contribution < 1.29 is 8.78 Å². The molecule has 0 fully saturated rings. The van der Waals surface area contributed by atoms with E-state index in [2.05, 4.69) is 4.98 Å². The molecular weight excluding hydrogens is 260 g/mol. The van der Waals surface area contributed by atoms with Crippen molar-refractivity contribution in [1.82, 2.24) is 4.98 Å². The number of rotatable bonds is 2. The third-order valence-corrected chi connectivity index (χ3v) is 3.08. The highest BCUT2D eigenvalue weighted by Gasteiger charge is 2.19. The van der Waals surface area contributed by atoms with E-state index in [0.29, 0.717) is 11.1 Å². The first-order chi connectivity index (χ1) is 9.45. The monoisotopic (exact) mass is 273 g/mol. The fourth-order valence-corrected chi connectivity index (χ4v) is 2.15. The van der Waals surface area contributed by atoms with Gasteiger partial charge in [0.05, 0.1) is 5.56 Å². The summed E-state index contributed by atoms with van der Waals surface area (Å²) in [6, 6.07) is 5.91. The first kappa shape index (κ1) is 13.9. The maximum atomic E-state index is 14.2. The number of nitriles is 1. The summed E-state index contributed by atoms with van der Waals surface area (Å²) < 4.78 is 27.4. The van der Waals surface area contributed by atoms with E-state index < -0.39 is 11.8 Å². The summed E-state index contributed by atoms with van der Waals surface area (Å²) in [5.74, 6) is -1.46. The normalized spacial score (nSPS) is 10.6. The van der Waals surface area contributed by atoms with Gasteiger partial charge in [0.1, 0.15) is 11.9 Å². The number of hydrogen-bond donors (Lipinski definition) is 1. The van der Waals surface area contributed by atoms with Gasteiger partial charge < -0.3 is 5.73 Å². The molecular formula is C15H13F2N3. The topological polar surface area (TPSA) is 62.7 Å². The number of aromatic nitrogens is 1. The third-order valence-electron chi connectivity index (χ3n) is 3.08. The molecule has 20 heavy (non-hydrogen) atoms. The highest BCUT2D eigenvalue weighted by atomic mass is 19.1. The van der Waals surface area contributed by atoms with E-state index in [9.17, 15) is 8.78 Å². The van der Waals surface area contributed by atoms with Gasteiger partial charge in [0.25, 0.3) is 0 Å². The lowest BCUT2D eigenvalue weighted by Crippen LogP contribution is -2.05. The van der Waals surface area contributed by atoms with Crippen LogP contribution in [0.3, 0.4) is 0 Å². The second kappa shape index (κ2) is 5.25. The van der Waals surface area contributed by atoms with Crippen molar-refractivity contribution in [2.75, 3.05) is 5.73 Å². The number of benzene rings is 1. The molecule has 1 aromatic heterocycles. The summed E-state index contributed by atoms with van der Waals surface area (Å²) in [4.78, 5) is 3.47. The molecule has 5 heteroatoms. The number of nitrogens with two attached hydrogens (primary N) is 1. The predicted octanol–water partition coefficient (Wildman–Crippen LogP) is 3.60. The minimum Gasteiger partial charge on any atom is -0.398 e. The number of nitrogen functional groups attached to an aromatic ring is 1. The van der Waals surface area contributed by atoms with Crippen molar-refractivity contribution in [2.45, 2.75) is 19.8 Å². The van der Waals surface area contributed by atoms with E-state index in [1.54, 1.807) is 26.0 Å². The zero-order valence-electron chi connectivity index (χ0n) is 11.1. The van der Waals surface area contributed by atoms with Gasteiger partial charge in [-0.15, -0.1) is 0 Å². The van der Waals surface area contributed by atoms with E-state index >= 15 is 0 Å². The summed E-state index contributed by atoms with van der Waals surface area (Å²) >= 11 is 0. The van der Waals surface area contributed by atoms with Crippen molar-refractivity contribution in [3.05, 3.63) is 47.3 Å². The van der Waals surface area contributed by atoms with Crippen LogP contribution in [0.1, 0.15) is 30.9 Å². The Balaban J connectivity index is 2.78. The van der Waals surface area contributed by atoms with Crippen molar-refractivity contribution in [1.29, 1.82) is 5.26 Å². The number of anilines is 1. The van der Waals surface area contributed by atoms with Gasteiger partial charge in [0.15, 0.2) is 0 Å². The van der Waals surface area contributed by atoms with E-state index in [1.165, 1.54) is 18.3 Å². The van der Waals surface area contributed by atoms with Gasteiger partial charge in [0, 0.05) is 29.1 Å². The molecule has 0 radical (unpaired) electrons. The molecule has 1 aromatic carbocycles. The smallest absolute Gasteiger partial charge is 0.213 e. The van der Waals surface area contributed by atoms with E-state index in [-0.39, 0.29) is 22.7 Å². The quantitative estimate of drug-likeness (QED) is 0.671. The lowest BCUT2D eigenvalue weighted by Gasteiger charge is -2.16. The highest BCUT2D eigenvalue weighted by molar-refractivity contribution is 5.80. The molecule has 0 saturated heterocycles. The van der Waals surface area contributed by atoms with Crippen LogP contribution in [0.15, 0.2) is 24.4 Å². The minimum atomic E-state index is -0.657. The molecule has 3 nitrogen and oxygen atoms in total. The first-order valence-corrected chi connectivity index (χ1v) is 6.09. The molecule has 0 atom stereocenters. The number of nitrogens with zero attached hydrogens (tertiary/aromatic N) is 2. The molecule has 2 rings (SSSR count). The van der Waals surface area contributed by atoms with Crippen molar-refractivity contribution in [3.8, 4) is 17.2 Å². The third kappa shape index (κ3) is 2.32. The molecule has 0 aliphatic heterocycles. The van der Waals surface area contributed by atoms with Crippen LogP contribution in [-0.2, 0) is 0 Å². The molecule has 102 valence electrons. The Bertz CT molecular complexity index is 703. The molecule has 0 aliphatic rings. The molecule has 1 heterocycles. The lowest BCUT2D eigenvalue weighted by atomic mass is 9.92. The Morgan fingerprint density at radius 2 is 2.00 bits per heavy atom. The number of pyridine rings is 1. The van der Waals surface area contributed by atoms with Gasteiger partial charge in [-0.25, -0.2) is 9.37 Å². The fourth-order valence-electron chi connectivity index (χ4n) is 2.15. The second-order valence-corrected chi connectivity index (χ2v) is 4.75. The Morgan fingerprint density at radius 1 is 1.30 bits per heavy atom. The molecule has 0 saturated carbocycles. The van der Waals surface area contributed by atoms with Crippen LogP contribution in [0.5, 0.6) is 0 Å². The molecule has 2 aromatic rings. The van der Waals surface area contributed by atoms with Crippen LogP contribution < -0.4 is 5.73 Å². The van der Waals surface area contributed by atoms with Crippen LogP contribution in [-0.4, -0.2) is 4.98 Å². The summed E-state index contributed by atoms with van der Waals surface area (Å²) in [6.45, 7) is 3.57. The van der Waals surface area contributed by atoms with E-state index in [1.807, 2.05) is 0 Å². The first-order valence-electron chi connectivity index (χ1n) is 6.09. The molecule has 0 bridgehead atoms. The average molecular weight is 273 g/mol. The minimum absolute atomic E-state index is 0.102. The van der Waals surface area contributed by atoms with E-state index in [4.69, 9.17) is 11.0 Å². The molecule has 0 unspecified atom stereocenters. The van der Waals surface area contributed by atoms with Gasteiger partial charge in [-0.05, 0) is 23.6 Å². The summed E-state index contributed by atoms with van der Waals surface area (Å²) in [7, 11) is 0. The zero-order valence-corrected chi connectivity index (χ0v) is 11.1. The maximum absolute atomic E-state index is 14.2. The summed E-state index contributed by atoms with van der Waals surface area (Å²) in [5, 5.41) is 9.02. The van der Waals surface area contributed by atoms with Gasteiger partial charge in [0.2, 0.25) is 5.95 Å². The largest absolute Gasteiger partial charge is 0.398 e. The number of halogens is 2. The highest BCUT2D eigenvalue weighted by Crippen LogP contribution is 2.36. The van der Waals surface area contributed by atoms with Crippen molar-refractivity contribution >= 4 is 5.69 Å². The molecule has 2 N–H and O–H groups in total. The Hall–Kier alpha value is -2.48. The van der Waals surface area contributed by atoms with Gasteiger partial charge >= 0.3 is 0 Å². The Labute approximate surface area is 115 Å². The van der Waals surface area contributed by atoms with Crippen LogP contribution >= 0.6 is 0 Å². The average Bonchev–Trinajstić information content (AvgIpc) is 2.38. The van der Waals surface area contributed by atoms with E-state index in [0.717, 1.165) is 0 Å². The summed E-state index contributed by atoms with van der Waals surface area (Å²) in [5.41, 5.74) is 7.30. The van der Waals surface area contributed by atoms with Gasteiger partial charge in [-0.3, -0.25) is 0 Å². The molecule has 0 amide bonds. The van der Waals surface area contributed by atoms with Crippen LogP contribution in [0, 0.1) is 23.1 Å². The SMILES string of the molecule is CC(C)c1c(N)c(-c2ccnc(F)c2)cc(C#N)c1F. The maximum Gasteiger partial charge on any atom is 0.213 e. The van der Waals surface area contributed by atoms with Crippen molar-refractivity contribution in [3.63, 3.8) is 0 Å². The fraction of sp³-hybridized carbons (Fsp3) is 0.200. The van der Waals surface area contributed by atoms with Gasteiger partial charge in [-0.1, -0.05) is 13.8 Å². The Kier molecular flexibility index (Phi) is 3.66. The van der Waals surface area contributed by atoms with Crippen molar-refractivity contribution in [2.24, 2.45) is 0 Å². The predicted molar refractivity (Wildman–Crippen MR) is 72.8 cm³/mol. The van der Waals surface area contributed by atoms with Crippen LogP contribution in [0.4, 0.5) is 14.5 Å². The zero-order chi connectivity index (χ0) is 14.9. The second-order valence-electron chi connectivity index (χ2n) is 4.75. The number of hydrogen-bond acceptors (Lipinski definition) is 3. The molecule has 0 aliphatic carbocycles.